The van der Waals surface area contributed by atoms with Crippen LogP contribution in [-0.4, -0.2) is 11.1 Å². The molecule has 1 rings (SSSR count). The molecule has 1 aromatic carbocycles. The zero-order chi connectivity index (χ0) is 12.3. The summed E-state index contributed by atoms with van der Waals surface area (Å²) in [6.45, 7) is 0. The number of hydrogen-bond donors (Lipinski definition) is 1. The molecule has 0 spiro atoms. The van der Waals surface area contributed by atoms with Gasteiger partial charge in [0.2, 0.25) is 0 Å². The van der Waals surface area contributed by atoms with Crippen LogP contribution in [0.3, 0.4) is 0 Å². The topological polar surface area (TPSA) is 61.1 Å². The van der Waals surface area contributed by atoms with Crippen molar-refractivity contribution in [3.8, 4) is 6.07 Å². The summed E-state index contributed by atoms with van der Waals surface area (Å²) >= 11 is 2.92. The van der Waals surface area contributed by atoms with E-state index in [0.29, 0.717) is 0 Å². The van der Waals surface area contributed by atoms with Gasteiger partial charge in [-0.05, 0) is 17.7 Å². The zero-order valence-electron chi connectivity index (χ0n) is 7.88. The molecule has 0 atom stereocenters. The number of nitrogens with zero attached hydrogens (tertiary/aromatic N) is 1. The fraction of sp³-hybridized carbons (Fsp3) is 0.200. The van der Waals surface area contributed by atoms with E-state index in [2.05, 4.69) is 15.9 Å². The number of carboxylic acids is 1. The van der Waals surface area contributed by atoms with Crippen molar-refractivity contribution in [3.05, 3.63) is 33.3 Å². The van der Waals surface area contributed by atoms with Gasteiger partial charge in [0.05, 0.1) is 18.1 Å². The van der Waals surface area contributed by atoms with Gasteiger partial charge in [-0.2, -0.15) is 5.26 Å². The monoisotopic (exact) mass is 289 g/mol. The fourth-order valence-electron chi connectivity index (χ4n) is 1.32. The average Bonchev–Trinajstić information content (AvgIpc) is 2.16. The Hall–Kier alpha value is -1.48. The summed E-state index contributed by atoms with van der Waals surface area (Å²) in [5.74, 6) is -1.25. The third-order valence-electron chi connectivity index (χ3n) is 1.97. The molecule has 16 heavy (non-hydrogen) atoms. The molecule has 0 aliphatic rings. The van der Waals surface area contributed by atoms with Crippen molar-refractivity contribution < 1.29 is 18.7 Å². The van der Waals surface area contributed by atoms with Crippen molar-refractivity contribution in [1.29, 1.82) is 5.26 Å². The second-order valence-corrected chi connectivity index (χ2v) is 3.82. The first-order valence-corrected chi connectivity index (χ1v) is 4.98. The lowest BCUT2D eigenvalue weighted by atomic mass is 9.99. The van der Waals surface area contributed by atoms with Crippen molar-refractivity contribution in [2.45, 2.75) is 12.8 Å². The summed E-state index contributed by atoms with van der Waals surface area (Å²) in [5, 5.41) is 17.3. The van der Waals surface area contributed by atoms with Crippen molar-refractivity contribution in [2.24, 2.45) is 0 Å². The summed E-state index contributed by atoms with van der Waals surface area (Å²) in [4.78, 5) is 10.6. The molecule has 0 unspecified atom stereocenters. The van der Waals surface area contributed by atoms with Crippen molar-refractivity contribution in [1.82, 2.24) is 0 Å². The predicted octanol–water partition coefficient (Wildman–Crippen LogP) is 2.89. The summed E-state index contributed by atoms with van der Waals surface area (Å²) in [6, 6.07) is 4.33. The number of aliphatic carboxylic acids is 1. The van der Waals surface area contributed by atoms with Gasteiger partial charge in [-0.3, -0.25) is 4.79 Å². The van der Waals surface area contributed by atoms with E-state index in [0.717, 1.165) is 0 Å². The Morgan fingerprint density at radius 3 is 2.62 bits per heavy atom. The maximum Gasteiger partial charge on any atom is 0.307 e. The van der Waals surface area contributed by atoms with Crippen LogP contribution in [0, 0.1) is 11.3 Å². The highest BCUT2D eigenvalue weighted by molar-refractivity contribution is 9.10. The molecule has 6 heteroatoms. The Labute approximate surface area is 98.4 Å². The predicted molar refractivity (Wildman–Crippen MR) is 55.2 cm³/mol. The lowest BCUT2D eigenvalue weighted by Gasteiger charge is -2.10. The number of hydrogen-bond acceptors (Lipinski definition) is 2. The maximum atomic E-state index is 12.7. The van der Waals surface area contributed by atoms with Crippen LogP contribution in [0.4, 0.5) is 8.78 Å². The molecule has 84 valence electrons. The van der Waals surface area contributed by atoms with E-state index in [9.17, 15) is 13.6 Å². The molecule has 0 aliphatic carbocycles. The highest BCUT2D eigenvalue weighted by atomic mass is 79.9. The molecule has 1 N–H and O–H groups in total. The number of carboxylic acid groups (broad SMARTS) is 1. The third kappa shape index (κ3) is 2.55. The summed E-state index contributed by atoms with van der Waals surface area (Å²) in [6.07, 6.45) is -3.42. The Balaban J connectivity index is 3.43. The molecule has 0 bridgehead atoms. The summed E-state index contributed by atoms with van der Waals surface area (Å²) in [7, 11) is 0. The van der Waals surface area contributed by atoms with Gasteiger partial charge in [0, 0.05) is 10.0 Å². The minimum atomic E-state index is -2.82. The van der Waals surface area contributed by atoms with Crippen LogP contribution in [0.25, 0.3) is 0 Å². The largest absolute Gasteiger partial charge is 0.481 e. The Bertz CT molecular complexity index is 469. The Morgan fingerprint density at radius 2 is 2.19 bits per heavy atom. The van der Waals surface area contributed by atoms with Crippen LogP contribution >= 0.6 is 15.9 Å². The van der Waals surface area contributed by atoms with E-state index in [4.69, 9.17) is 10.4 Å². The highest BCUT2D eigenvalue weighted by Gasteiger charge is 2.21. The Morgan fingerprint density at radius 1 is 1.56 bits per heavy atom. The quantitative estimate of drug-likeness (QED) is 0.931. The van der Waals surface area contributed by atoms with Gasteiger partial charge in [0.1, 0.15) is 0 Å². The Kier molecular flexibility index (Phi) is 3.96. The smallest absolute Gasteiger partial charge is 0.307 e. The number of nitriles is 1. The normalized spacial score (nSPS) is 10.2. The van der Waals surface area contributed by atoms with Crippen LogP contribution in [0.2, 0.25) is 0 Å². The molecule has 0 aromatic heterocycles. The number of benzene rings is 1. The van der Waals surface area contributed by atoms with Gasteiger partial charge in [0.15, 0.2) is 0 Å². The first-order valence-electron chi connectivity index (χ1n) is 4.18. The first-order chi connectivity index (χ1) is 7.47. The van der Waals surface area contributed by atoms with E-state index < -0.39 is 24.4 Å². The standard InChI is InChI=1S/C10H6BrF2NO2/c11-7-2-1-5(4-14)6(3-8(15)16)9(7)10(12)13/h1-2,10H,3H2,(H,15,16). The van der Waals surface area contributed by atoms with E-state index in [1.165, 1.54) is 12.1 Å². The molecular weight excluding hydrogens is 284 g/mol. The van der Waals surface area contributed by atoms with E-state index in [-0.39, 0.29) is 15.6 Å². The number of alkyl halides is 2. The molecular formula is C10H6BrF2NO2. The molecule has 3 nitrogen and oxygen atoms in total. The number of rotatable bonds is 3. The van der Waals surface area contributed by atoms with Gasteiger partial charge in [0.25, 0.3) is 6.43 Å². The van der Waals surface area contributed by atoms with E-state index in [1.807, 2.05) is 0 Å². The first kappa shape index (κ1) is 12.6. The van der Waals surface area contributed by atoms with Gasteiger partial charge >= 0.3 is 5.97 Å². The molecule has 1 aromatic rings. The van der Waals surface area contributed by atoms with Crippen molar-refractivity contribution in [2.75, 3.05) is 0 Å². The van der Waals surface area contributed by atoms with Crippen molar-refractivity contribution >= 4 is 21.9 Å². The van der Waals surface area contributed by atoms with Crippen molar-refractivity contribution in [3.63, 3.8) is 0 Å². The zero-order valence-corrected chi connectivity index (χ0v) is 9.46. The lowest BCUT2D eigenvalue weighted by Crippen LogP contribution is -2.07. The molecule has 0 fully saturated rings. The lowest BCUT2D eigenvalue weighted by molar-refractivity contribution is -0.136. The molecule has 0 amide bonds. The van der Waals surface area contributed by atoms with Crippen LogP contribution in [-0.2, 0) is 11.2 Å². The number of carbonyl (C=O) groups is 1. The average molecular weight is 290 g/mol. The van der Waals surface area contributed by atoms with Gasteiger partial charge in [-0.15, -0.1) is 0 Å². The second kappa shape index (κ2) is 5.03. The molecule has 0 aliphatic heterocycles. The maximum absolute atomic E-state index is 12.7. The van der Waals surface area contributed by atoms with Gasteiger partial charge in [-0.1, -0.05) is 15.9 Å². The molecule has 0 radical (unpaired) electrons. The second-order valence-electron chi connectivity index (χ2n) is 2.97. The third-order valence-corrected chi connectivity index (χ3v) is 2.66. The van der Waals surface area contributed by atoms with Crippen LogP contribution in [0.5, 0.6) is 0 Å². The van der Waals surface area contributed by atoms with Gasteiger partial charge in [-0.25, -0.2) is 8.78 Å². The van der Waals surface area contributed by atoms with Crippen LogP contribution in [0.1, 0.15) is 23.1 Å². The van der Waals surface area contributed by atoms with Crippen LogP contribution in [0.15, 0.2) is 16.6 Å². The van der Waals surface area contributed by atoms with E-state index >= 15 is 0 Å². The molecule has 0 saturated heterocycles. The van der Waals surface area contributed by atoms with E-state index in [1.54, 1.807) is 6.07 Å². The minimum Gasteiger partial charge on any atom is -0.481 e. The SMILES string of the molecule is N#Cc1ccc(Br)c(C(F)F)c1CC(=O)O. The highest BCUT2D eigenvalue weighted by Crippen LogP contribution is 2.32. The summed E-state index contributed by atoms with van der Waals surface area (Å²) in [5.41, 5.74) is -0.610. The number of halogens is 3. The fourth-order valence-corrected chi connectivity index (χ4v) is 1.86. The molecule has 0 saturated carbocycles. The minimum absolute atomic E-state index is 0.0408. The molecule has 0 heterocycles. The van der Waals surface area contributed by atoms with Gasteiger partial charge < -0.3 is 5.11 Å². The summed E-state index contributed by atoms with van der Waals surface area (Å²) < 4.78 is 25.6. The van der Waals surface area contributed by atoms with Crippen LogP contribution < -0.4 is 0 Å².